The minimum Gasteiger partial charge on any atom is -0.456 e. The highest BCUT2D eigenvalue weighted by Crippen LogP contribution is 2.69. The zero-order valence-corrected chi connectivity index (χ0v) is 37.2. The van der Waals surface area contributed by atoms with E-state index in [2.05, 4.69) is 5.32 Å². The first-order valence-corrected chi connectivity index (χ1v) is 21.0. The molecule has 63 heavy (non-hydrogen) atoms. The third kappa shape index (κ3) is 7.85. The predicted molar refractivity (Wildman–Crippen MR) is 221 cm³/mol. The Bertz CT molecular complexity index is 2140. The van der Waals surface area contributed by atoms with Gasteiger partial charge in [0.25, 0.3) is 0 Å². The average Bonchev–Trinajstić information content (AvgIpc) is 3.94. The summed E-state index contributed by atoms with van der Waals surface area (Å²) in [6.07, 6.45) is -10.9. The number of aliphatic hydroxyl groups is 2. The van der Waals surface area contributed by atoms with Crippen molar-refractivity contribution < 1.29 is 72.1 Å². The third-order valence-corrected chi connectivity index (χ3v) is 13.3. The molecule has 2 aliphatic heterocycles. The Morgan fingerprint density at radius 2 is 1.59 bits per heavy atom. The predicted octanol–water partition coefficient (Wildman–Crippen LogP) is 4.18. The second-order valence-corrected chi connectivity index (χ2v) is 18.8. The standard InChI is InChI=1S/C46H58N2O15/c1-24-28(58-39(52)33(50)32(26-17-13-11-14-18-26)47-40(53)63-42(3,4)5)22-45(55)37(60-38(51)27-19-15-12-16-20-27)35-44(61-25(2)49)23-57-29(44)21-30(56-10)46(35)36(62-46)34(31(24)43(45,6)7)59-41(54)48(8)9/h11-20,28-30,32-37,50,55H,21-23H2,1-10H3,(H,47,53)/t28-,29+,30-,32-,33+,34+,35+,36?,37-,44-,45+,46-/m0/s1. The van der Waals surface area contributed by atoms with Crippen LogP contribution < -0.4 is 5.32 Å². The van der Waals surface area contributed by atoms with E-state index in [-0.39, 0.29) is 18.6 Å². The summed E-state index contributed by atoms with van der Waals surface area (Å²) in [5, 5.41) is 28.2. The quantitative estimate of drug-likeness (QED) is 0.132. The fraction of sp³-hybridized carbons (Fsp3) is 0.587. The number of fused-ring (bicyclic) bond motifs is 4. The van der Waals surface area contributed by atoms with Crippen LogP contribution in [0, 0.1) is 11.3 Å². The number of methoxy groups -OCH3 is 1. The molecule has 7 rings (SSSR count). The molecule has 2 bridgehead atoms. The van der Waals surface area contributed by atoms with Crippen molar-refractivity contribution in [3.8, 4) is 0 Å². The van der Waals surface area contributed by atoms with Gasteiger partial charge < -0.3 is 58.3 Å². The van der Waals surface area contributed by atoms with Gasteiger partial charge in [0.05, 0.1) is 30.2 Å². The minimum atomic E-state index is -2.25. The van der Waals surface area contributed by atoms with E-state index in [0.29, 0.717) is 16.7 Å². The lowest BCUT2D eigenvalue weighted by atomic mass is 9.49. The molecular formula is C46H58N2O15. The first-order chi connectivity index (χ1) is 29.5. The van der Waals surface area contributed by atoms with Crippen molar-refractivity contribution in [2.24, 2.45) is 11.3 Å². The first-order valence-electron chi connectivity index (χ1n) is 21.0. The molecule has 0 radical (unpaired) electrons. The molecule has 12 atom stereocenters. The molecule has 3 N–H and O–H groups in total. The van der Waals surface area contributed by atoms with Crippen molar-refractivity contribution in [3.63, 3.8) is 0 Å². The Labute approximate surface area is 366 Å². The van der Waals surface area contributed by atoms with Gasteiger partial charge in [-0.15, -0.1) is 0 Å². The van der Waals surface area contributed by atoms with Crippen molar-refractivity contribution >= 4 is 30.1 Å². The summed E-state index contributed by atoms with van der Waals surface area (Å²) in [6, 6.07) is 15.1. The van der Waals surface area contributed by atoms with Crippen molar-refractivity contribution in [1.82, 2.24) is 10.2 Å². The number of carbonyl (C=O) groups excluding carboxylic acids is 5. The van der Waals surface area contributed by atoms with E-state index in [1.807, 2.05) is 0 Å². The summed E-state index contributed by atoms with van der Waals surface area (Å²) < 4.78 is 49.7. The number of nitrogens with one attached hydrogen (secondary N) is 1. The number of esters is 3. The molecule has 5 aliphatic rings. The average molecular weight is 879 g/mol. The van der Waals surface area contributed by atoms with Crippen LogP contribution in [0.3, 0.4) is 0 Å². The lowest BCUT2D eigenvalue weighted by Crippen LogP contribution is -2.80. The van der Waals surface area contributed by atoms with E-state index < -0.39 is 119 Å². The molecule has 2 amide bonds. The molecule has 2 saturated heterocycles. The van der Waals surface area contributed by atoms with Gasteiger partial charge in [0.2, 0.25) is 0 Å². The second-order valence-electron chi connectivity index (χ2n) is 18.8. The Morgan fingerprint density at radius 3 is 2.14 bits per heavy atom. The van der Waals surface area contributed by atoms with Crippen molar-refractivity contribution in [1.29, 1.82) is 0 Å². The zero-order chi connectivity index (χ0) is 46.0. The number of epoxide rings is 1. The molecule has 1 unspecified atom stereocenters. The molecule has 2 heterocycles. The van der Waals surface area contributed by atoms with E-state index in [9.17, 15) is 34.2 Å². The van der Waals surface area contributed by atoms with Gasteiger partial charge in [-0.3, -0.25) is 4.79 Å². The third-order valence-electron chi connectivity index (χ3n) is 13.3. The molecule has 17 heteroatoms. The second kappa shape index (κ2) is 16.5. The number of nitrogens with zero attached hydrogens (tertiary/aromatic N) is 1. The van der Waals surface area contributed by atoms with E-state index in [0.717, 1.165) is 0 Å². The smallest absolute Gasteiger partial charge is 0.409 e. The zero-order valence-electron chi connectivity index (χ0n) is 37.2. The molecule has 2 aromatic carbocycles. The molecule has 3 aliphatic carbocycles. The van der Waals surface area contributed by atoms with E-state index >= 15 is 0 Å². The molecule has 2 aromatic rings. The number of hydrogen-bond donors (Lipinski definition) is 3. The lowest BCUT2D eigenvalue weighted by Gasteiger charge is -2.64. The number of benzene rings is 2. The number of amides is 2. The number of hydrogen-bond acceptors (Lipinski definition) is 15. The van der Waals surface area contributed by atoms with Crippen LogP contribution in [0.15, 0.2) is 71.8 Å². The Hall–Kier alpha value is -5.07. The normalized spacial score (nSPS) is 33.4. The van der Waals surface area contributed by atoms with Gasteiger partial charge in [-0.25, -0.2) is 19.2 Å². The molecule has 17 nitrogen and oxygen atoms in total. The maximum Gasteiger partial charge on any atom is 0.409 e. The topological polar surface area (TPSA) is 218 Å². The van der Waals surface area contributed by atoms with E-state index in [1.54, 1.807) is 102 Å². The van der Waals surface area contributed by atoms with Gasteiger partial charge in [0.1, 0.15) is 41.2 Å². The van der Waals surface area contributed by atoms with Crippen LogP contribution in [0.25, 0.3) is 0 Å². The highest BCUT2D eigenvalue weighted by Gasteiger charge is 2.86. The summed E-state index contributed by atoms with van der Waals surface area (Å²) in [5.74, 6) is -3.90. The van der Waals surface area contributed by atoms with Gasteiger partial charge in [-0.1, -0.05) is 62.4 Å². The largest absolute Gasteiger partial charge is 0.456 e. The van der Waals surface area contributed by atoms with Crippen LogP contribution in [0.5, 0.6) is 0 Å². The molecule has 4 fully saturated rings. The van der Waals surface area contributed by atoms with Gasteiger partial charge in [0.15, 0.2) is 17.8 Å². The van der Waals surface area contributed by atoms with Crippen LogP contribution in [-0.4, -0.2) is 138 Å². The van der Waals surface area contributed by atoms with Gasteiger partial charge in [0, 0.05) is 46.4 Å². The van der Waals surface area contributed by atoms with E-state index in [1.165, 1.54) is 33.0 Å². The summed E-state index contributed by atoms with van der Waals surface area (Å²) in [6.45, 7) is 11.2. The van der Waals surface area contributed by atoms with Crippen molar-refractivity contribution in [2.45, 2.75) is 132 Å². The van der Waals surface area contributed by atoms with Gasteiger partial charge in [-0.2, -0.15) is 0 Å². The molecule has 1 spiro atoms. The number of alkyl carbamates (subject to hydrolysis) is 1. The molecule has 342 valence electrons. The molecule has 0 aromatic heterocycles. The van der Waals surface area contributed by atoms with Crippen molar-refractivity contribution in [3.05, 3.63) is 82.9 Å². The van der Waals surface area contributed by atoms with Gasteiger partial charge in [-0.05, 0) is 56.5 Å². The lowest BCUT2D eigenvalue weighted by molar-refractivity contribution is -0.338. The Morgan fingerprint density at radius 1 is 0.952 bits per heavy atom. The van der Waals surface area contributed by atoms with Crippen molar-refractivity contribution in [2.75, 3.05) is 27.8 Å². The van der Waals surface area contributed by atoms with Crippen LogP contribution in [0.4, 0.5) is 9.59 Å². The van der Waals surface area contributed by atoms with Crippen LogP contribution in [-0.2, 0) is 47.5 Å². The SMILES string of the molecule is CO[C@H]1C[C@H]2OC[C@@]2(OC(C)=O)[C@H]2[C@H](OC(=O)c3ccccc3)[C@]3(O)C[C@H](OC(=O)[C@H](O)[C@@H](NC(=O)OC(C)(C)C)c4ccccc4)C(C)=C([C@@H](OC(=O)N(C)C)C4O[C@@]412)C3(C)C. The molecular weight excluding hydrogens is 821 g/mol. The fourth-order valence-corrected chi connectivity index (χ4v) is 10.3. The Kier molecular flexibility index (Phi) is 12.0. The van der Waals surface area contributed by atoms with Crippen LogP contribution in [0.2, 0.25) is 0 Å². The monoisotopic (exact) mass is 878 g/mol. The summed E-state index contributed by atoms with van der Waals surface area (Å²) >= 11 is 0. The summed E-state index contributed by atoms with van der Waals surface area (Å²) in [5.41, 5.74) is -6.53. The minimum absolute atomic E-state index is 0.154. The number of ether oxygens (including phenoxy) is 8. The van der Waals surface area contributed by atoms with E-state index in [4.69, 9.17) is 37.9 Å². The van der Waals surface area contributed by atoms with Crippen LogP contribution in [0.1, 0.15) is 83.3 Å². The maximum absolute atomic E-state index is 14.4. The number of rotatable bonds is 10. The first kappa shape index (κ1) is 45.9. The molecule has 2 saturated carbocycles. The summed E-state index contributed by atoms with van der Waals surface area (Å²) in [7, 11) is 4.49. The number of aliphatic hydroxyl groups excluding tert-OH is 1. The fourth-order valence-electron chi connectivity index (χ4n) is 10.3. The highest BCUT2D eigenvalue weighted by molar-refractivity contribution is 5.89. The maximum atomic E-state index is 14.4. The summed E-state index contributed by atoms with van der Waals surface area (Å²) in [4.78, 5) is 69.9. The van der Waals surface area contributed by atoms with Gasteiger partial charge >= 0.3 is 30.1 Å². The van der Waals surface area contributed by atoms with Crippen LogP contribution >= 0.6 is 0 Å². The highest BCUT2D eigenvalue weighted by atomic mass is 16.7. The number of carbonyl (C=O) groups is 5. The Balaban J connectivity index is 1.39.